The first kappa shape index (κ1) is 34.0. The standard InChI is InChI=1S/C37H36O8/c1-10-23(7)36(40)43-31-17-14-28(20-33(31)45-37(41)24(8)11-2)29-15-12-26(18-25(29)9)27-13-16-30(42-34(38)21(3)4)32(19-27)44-35(39)22(5)6/h10-20H,3,5H2,1-2,4,6-9H3/b23-10+,24-11+. The monoisotopic (exact) mass is 608 g/mol. The maximum atomic E-state index is 12.6. The molecule has 0 aliphatic heterocycles. The van der Waals surface area contributed by atoms with Gasteiger partial charge >= 0.3 is 23.9 Å². The van der Waals surface area contributed by atoms with E-state index in [4.69, 9.17) is 18.9 Å². The number of aryl methyl sites for hydroxylation is 1. The first-order chi connectivity index (χ1) is 21.2. The Balaban J connectivity index is 2.04. The summed E-state index contributed by atoms with van der Waals surface area (Å²) < 4.78 is 22.0. The molecule has 232 valence electrons. The molecule has 0 saturated heterocycles. The predicted octanol–water partition coefficient (Wildman–Crippen LogP) is 8.04. The predicted molar refractivity (Wildman–Crippen MR) is 173 cm³/mol. The first-order valence-electron chi connectivity index (χ1n) is 14.1. The first-order valence-corrected chi connectivity index (χ1v) is 14.1. The topological polar surface area (TPSA) is 105 Å². The van der Waals surface area contributed by atoms with Gasteiger partial charge in [-0.2, -0.15) is 0 Å². The maximum absolute atomic E-state index is 12.6. The van der Waals surface area contributed by atoms with E-state index in [9.17, 15) is 19.2 Å². The molecule has 0 N–H and O–H groups in total. The van der Waals surface area contributed by atoms with Crippen LogP contribution in [-0.2, 0) is 19.2 Å². The van der Waals surface area contributed by atoms with Crippen molar-refractivity contribution in [2.24, 2.45) is 0 Å². The fourth-order valence-corrected chi connectivity index (χ4v) is 3.83. The van der Waals surface area contributed by atoms with Gasteiger partial charge < -0.3 is 18.9 Å². The van der Waals surface area contributed by atoms with E-state index in [1.165, 1.54) is 13.8 Å². The number of carbonyl (C=O) groups is 4. The summed E-state index contributed by atoms with van der Waals surface area (Å²) >= 11 is 0. The fourth-order valence-electron chi connectivity index (χ4n) is 3.83. The Kier molecular flexibility index (Phi) is 11.2. The second-order valence-corrected chi connectivity index (χ2v) is 10.4. The van der Waals surface area contributed by atoms with Crippen molar-refractivity contribution in [1.29, 1.82) is 0 Å². The van der Waals surface area contributed by atoms with Gasteiger partial charge in [-0.1, -0.05) is 55.6 Å². The van der Waals surface area contributed by atoms with E-state index in [1.54, 1.807) is 76.2 Å². The summed E-state index contributed by atoms with van der Waals surface area (Å²) in [6.45, 7) is 18.9. The van der Waals surface area contributed by atoms with Crippen LogP contribution in [0.4, 0.5) is 0 Å². The van der Waals surface area contributed by atoms with E-state index in [0.29, 0.717) is 16.7 Å². The number of benzene rings is 3. The summed E-state index contributed by atoms with van der Waals surface area (Å²) in [5, 5.41) is 0. The fraction of sp³-hybridized carbons (Fsp3) is 0.189. The average molecular weight is 609 g/mol. The van der Waals surface area contributed by atoms with Gasteiger partial charge in [-0.3, -0.25) is 0 Å². The third kappa shape index (κ3) is 8.54. The minimum absolute atomic E-state index is 0.0537. The van der Waals surface area contributed by atoms with E-state index in [0.717, 1.165) is 22.3 Å². The minimum Gasteiger partial charge on any atom is -0.419 e. The van der Waals surface area contributed by atoms with Gasteiger partial charge in [0.25, 0.3) is 0 Å². The molecular formula is C37H36O8. The molecular weight excluding hydrogens is 572 g/mol. The van der Waals surface area contributed by atoms with Crippen molar-refractivity contribution >= 4 is 23.9 Å². The van der Waals surface area contributed by atoms with Crippen LogP contribution in [0.5, 0.6) is 23.0 Å². The highest BCUT2D eigenvalue weighted by Crippen LogP contribution is 2.38. The van der Waals surface area contributed by atoms with Crippen molar-refractivity contribution in [2.45, 2.75) is 48.5 Å². The number of ether oxygens (including phenoxy) is 4. The third-order valence-electron chi connectivity index (χ3n) is 6.78. The van der Waals surface area contributed by atoms with Crippen LogP contribution >= 0.6 is 0 Å². The minimum atomic E-state index is -0.664. The summed E-state index contributed by atoms with van der Waals surface area (Å²) in [7, 11) is 0. The van der Waals surface area contributed by atoms with Gasteiger partial charge in [0.1, 0.15) is 0 Å². The number of carbonyl (C=O) groups excluding carboxylic acids is 4. The van der Waals surface area contributed by atoms with Gasteiger partial charge in [-0.05, 0) is 101 Å². The van der Waals surface area contributed by atoms with Crippen molar-refractivity contribution in [1.82, 2.24) is 0 Å². The van der Waals surface area contributed by atoms with Gasteiger partial charge in [-0.25, -0.2) is 19.2 Å². The lowest BCUT2D eigenvalue weighted by atomic mass is 9.95. The molecule has 0 amide bonds. The second kappa shape index (κ2) is 14.8. The van der Waals surface area contributed by atoms with Gasteiger partial charge in [0.15, 0.2) is 23.0 Å². The van der Waals surface area contributed by atoms with E-state index >= 15 is 0 Å². The van der Waals surface area contributed by atoms with Crippen molar-refractivity contribution in [2.75, 3.05) is 0 Å². The highest BCUT2D eigenvalue weighted by molar-refractivity contribution is 5.93. The zero-order chi connectivity index (χ0) is 33.4. The molecule has 0 unspecified atom stereocenters. The average Bonchev–Trinajstić information content (AvgIpc) is 3.01. The Morgan fingerprint density at radius 3 is 1.38 bits per heavy atom. The number of rotatable bonds is 10. The lowest BCUT2D eigenvalue weighted by molar-refractivity contribution is -0.132. The molecule has 0 aliphatic carbocycles. The van der Waals surface area contributed by atoms with Crippen LogP contribution in [0.1, 0.15) is 47.1 Å². The molecule has 0 fully saturated rings. The smallest absolute Gasteiger partial charge is 0.338 e. The Morgan fingerprint density at radius 2 is 0.911 bits per heavy atom. The molecule has 8 nitrogen and oxygen atoms in total. The quantitative estimate of drug-likeness (QED) is 0.129. The van der Waals surface area contributed by atoms with Gasteiger partial charge in [0.05, 0.1) is 0 Å². The van der Waals surface area contributed by atoms with E-state index in [2.05, 4.69) is 13.2 Å². The van der Waals surface area contributed by atoms with Crippen LogP contribution < -0.4 is 18.9 Å². The van der Waals surface area contributed by atoms with Crippen molar-refractivity contribution in [3.63, 3.8) is 0 Å². The summed E-state index contributed by atoms with van der Waals surface area (Å²) in [5.41, 5.74) is 5.11. The molecule has 0 heterocycles. The van der Waals surface area contributed by atoms with Gasteiger partial charge in [-0.15, -0.1) is 0 Å². The molecule has 0 aromatic heterocycles. The molecule has 45 heavy (non-hydrogen) atoms. The Hall–Kier alpha value is -5.50. The molecule has 3 aromatic rings. The zero-order valence-electron chi connectivity index (χ0n) is 26.5. The summed E-state index contributed by atoms with van der Waals surface area (Å²) in [5.74, 6) is -2.11. The third-order valence-corrected chi connectivity index (χ3v) is 6.78. The summed E-state index contributed by atoms with van der Waals surface area (Å²) in [6.07, 6.45) is 3.26. The van der Waals surface area contributed by atoms with E-state index in [1.807, 2.05) is 25.1 Å². The largest absolute Gasteiger partial charge is 0.419 e. The Labute approximate surface area is 263 Å². The van der Waals surface area contributed by atoms with Crippen LogP contribution in [-0.4, -0.2) is 23.9 Å². The molecule has 3 aromatic carbocycles. The lowest BCUT2D eigenvalue weighted by Gasteiger charge is -2.15. The Morgan fingerprint density at radius 1 is 0.533 bits per heavy atom. The molecule has 0 atom stereocenters. The SMILES string of the molecule is C=C(C)C(=O)Oc1ccc(-c2ccc(-c3ccc(OC(=O)/C(C)=C/C)c(OC(=O)/C(C)=C/C)c3)c(C)c2)cc1OC(=O)C(=C)C. The van der Waals surface area contributed by atoms with Crippen molar-refractivity contribution < 1.29 is 38.1 Å². The highest BCUT2D eigenvalue weighted by Gasteiger charge is 2.19. The van der Waals surface area contributed by atoms with E-state index in [-0.39, 0.29) is 34.1 Å². The molecule has 3 rings (SSSR count). The number of hydrogen-bond donors (Lipinski definition) is 0. The molecule has 0 bridgehead atoms. The van der Waals surface area contributed by atoms with Crippen LogP contribution in [0.15, 0.2) is 102 Å². The number of allylic oxidation sites excluding steroid dienone is 2. The van der Waals surface area contributed by atoms with E-state index < -0.39 is 23.9 Å². The Bertz CT molecular complexity index is 1770. The van der Waals surface area contributed by atoms with Gasteiger partial charge in [0, 0.05) is 22.3 Å². The summed E-state index contributed by atoms with van der Waals surface area (Å²) in [4.78, 5) is 49.6. The number of esters is 4. The zero-order valence-corrected chi connectivity index (χ0v) is 26.5. The molecule has 8 heteroatoms. The van der Waals surface area contributed by atoms with Gasteiger partial charge in [0.2, 0.25) is 0 Å². The molecule has 0 aliphatic rings. The summed E-state index contributed by atoms with van der Waals surface area (Å²) in [6, 6.07) is 15.6. The number of hydrogen-bond acceptors (Lipinski definition) is 8. The van der Waals surface area contributed by atoms with Crippen LogP contribution in [0.2, 0.25) is 0 Å². The lowest BCUT2D eigenvalue weighted by Crippen LogP contribution is -2.13. The van der Waals surface area contributed by atoms with Crippen molar-refractivity contribution in [3.8, 4) is 45.3 Å². The van der Waals surface area contributed by atoms with Crippen LogP contribution in [0, 0.1) is 6.92 Å². The van der Waals surface area contributed by atoms with Crippen LogP contribution in [0.3, 0.4) is 0 Å². The molecule has 0 radical (unpaired) electrons. The maximum Gasteiger partial charge on any atom is 0.338 e. The second-order valence-electron chi connectivity index (χ2n) is 10.4. The molecule has 0 saturated carbocycles. The van der Waals surface area contributed by atoms with Crippen molar-refractivity contribution in [3.05, 3.63) is 108 Å². The van der Waals surface area contributed by atoms with Crippen LogP contribution in [0.25, 0.3) is 22.3 Å². The highest BCUT2D eigenvalue weighted by atomic mass is 16.6. The normalized spacial score (nSPS) is 11.4. The molecule has 0 spiro atoms.